The average molecular weight is 508 g/mol. The maximum Gasteiger partial charge on any atom is 0.264 e. The minimum absolute atomic E-state index is 0.0846. The van der Waals surface area contributed by atoms with Crippen molar-refractivity contribution in [2.75, 3.05) is 17.9 Å². The van der Waals surface area contributed by atoms with E-state index < -0.39 is 28.5 Å². The summed E-state index contributed by atoms with van der Waals surface area (Å²) in [6.45, 7) is 7.08. The second kappa shape index (κ2) is 11.4. The molecular weight excluding hydrogens is 474 g/mol. The van der Waals surface area contributed by atoms with Crippen LogP contribution in [-0.2, 0) is 26.2 Å². The summed E-state index contributed by atoms with van der Waals surface area (Å²) in [6, 6.07) is 20.3. The predicted molar refractivity (Wildman–Crippen MR) is 142 cm³/mol. The molecule has 8 heteroatoms. The van der Waals surface area contributed by atoms with Gasteiger partial charge in [0, 0.05) is 13.6 Å². The van der Waals surface area contributed by atoms with Crippen molar-refractivity contribution in [3.8, 4) is 0 Å². The molecule has 0 fully saturated rings. The van der Waals surface area contributed by atoms with Crippen LogP contribution in [0.4, 0.5) is 5.69 Å². The number of nitrogens with zero attached hydrogens (tertiary/aromatic N) is 2. The summed E-state index contributed by atoms with van der Waals surface area (Å²) in [4.78, 5) is 27.8. The third-order valence-corrected chi connectivity index (χ3v) is 7.78. The van der Waals surface area contributed by atoms with Gasteiger partial charge in [-0.05, 0) is 68.7 Å². The summed E-state index contributed by atoms with van der Waals surface area (Å²) in [5, 5.41) is 2.59. The van der Waals surface area contributed by atoms with Crippen LogP contribution >= 0.6 is 0 Å². The number of sulfonamides is 1. The molecule has 1 atom stereocenters. The first-order valence-electron chi connectivity index (χ1n) is 11.8. The number of carbonyl (C=O) groups excluding carboxylic acids is 2. The zero-order valence-electron chi connectivity index (χ0n) is 21.4. The first-order chi connectivity index (χ1) is 17.0. The molecule has 3 rings (SSSR count). The Kier molecular flexibility index (Phi) is 8.53. The van der Waals surface area contributed by atoms with E-state index in [0.717, 1.165) is 26.6 Å². The van der Waals surface area contributed by atoms with Gasteiger partial charge in [0.25, 0.3) is 10.0 Å². The molecule has 1 N–H and O–H groups in total. The summed E-state index contributed by atoms with van der Waals surface area (Å²) < 4.78 is 28.6. The van der Waals surface area contributed by atoms with Crippen LogP contribution in [0.3, 0.4) is 0 Å². The van der Waals surface area contributed by atoms with Crippen molar-refractivity contribution < 1.29 is 18.0 Å². The van der Waals surface area contributed by atoms with Crippen LogP contribution in [0.5, 0.6) is 0 Å². The summed E-state index contributed by atoms with van der Waals surface area (Å²) in [5.41, 5.74) is 4.06. The Morgan fingerprint density at radius 3 is 2.00 bits per heavy atom. The largest absolute Gasteiger partial charge is 0.357 e. The highest BCUT2D eigenvalue weighted by molar-refractivity contribution is 7.92. The van der Waals surface area contributed by atoms with Gasteiger partial charge in [-0.1, -0.05) is 54.1 Å². The summed E-state index contributed by atoms with van der Waals surface area (Å²) in [5.74, 6) is -0.815. The maximum atomic E-state index is 13.7. The molecular formula is C28H33N3O4S. The lowest BCUT2D eigenvalue weighted by Crippen LogP contribution is -2.50. The second-order valence-corrected chi connectivity index (χ2v) is 10.8. The van der Waals surface area contributed by atoms with Crippen LogP contribution in [0.1, 0.15) is 29.2 Å². The highest BCUT2D eigenvalue weighted by atomic mass is 32.2. The Bertz CT molecular complexity index is 1300. The fraction of sp³-hybridized carbons (Fsp3) is 0.286. The molecule has 0 radical (unpaired) electrons. The molecule has 36 heavy (non-hydrogen) atoms. The van der Waals surface area contributed by atoms with E-state index in [0.29, 0.717) is 5.69 Å². The molecule has 190 valence electrons. The SMILES string of the molecule is CNC(=O)[C@H](C)N(Cc1ccc(C)cc1)C(=O)CN(c1cc(C)cc(C)c1)S(=O)(=O)c1ccccc1. The van der Waals surface area contributed by atoms with Gasteiger partial charge in [0.1, 0.15) is 12.6 Å². The number of benzene rings is 3. The summed E-state index contributed by atoms with van der Waals surface area (Å²) >= 11 is 0. The molecule has 0 aromatic heterocycles. The summed E-state index contributed by atoms with van der Waals surface area (Å²) in [6.07, 6.45) is 0. The zero-order valence-corrected chi connectivity index (χ0v) is 22.2. The fourth-order valence-electron chi connectivity index (χ4n) is 4.02. The number of rotatable bonds is 9. The van der Waals surface area contributed by atoms with Crippen LogP contribution in [0.2, 0.25) is 0 Å². The Hall–Kier alpha value is -3.65. The molecule has 3 aromatic rings. The highest BCUT2D eigenvalue weighted by Crippen LogP contribution is 2.26. The first kappa shape index (κ1) is 26.9. The average Bonchev–Trinajstić information content (AvgIpc) is 2.85. The van der Waals surface area contributed by atoms with Gasteiger partial charge >= 0.3 is 0 Å². The standard InChI is InChI=1S/C28H33N3O4S/c1-20-11-13-24(14-12-20)18-30(23(4)28(33)29-5)27(32)19-31(25-16-21(2)15-22(3)17-25)36(34,35)26-9-7-6-8-10-26/h6-17,23H,18-19H2,1-5H3,(H,29,33)/t23-/m0/s1. The van der Waals surface area contributed by atoms with Crippen LogP contribution in [-0.4, -0.2) is 44.8 Å². The Labute approximate surface area is 213 Å². The molecule has 0 saturated carbocycles. The van der Waals surface area contributed by atoms with E-state index in [2.05, 4.69) is 5.32 Å². The van der Waals surface area contributed by atoms with Gasteiger partial charge in [0.15, 0.2) is 0 Å². The van der Waals surface area contributed by atoms with Gasteiger partial charge in [-0.25, -0.2) is 8.42 Å². The number of anilines is 1. The third kappa shape index (κ3) is 6.31. The van der Waals surface area contributed by atoms with E-state index in [1.54, 1.807) is 37.3 Å². The van der Waals surface area contributed by atoms with Crippen molar-refractivity contribution in [3.05, 3.63) is 95.1 Å². The van der Waals surface area contributed by atoms with E-state index in [-0.39, 0.29) is 17.3 Å². The number of hydrogen-bond donors (Lipinski definition) is 1. The van der Waals surface area contributed by atoms with Gasteiger partial charge in [-0.15, -0.1) is 0 Å². The smallest absolute Gasteiger partial charge is 0.264 e. The molecule has 3 aromatic carbocycles. The van der Waals surface area contributed by atoms with E-state index in [1.807, 2.05) is 51.1 Å². The number of likely N-dealkylation sites (N-methyl/N-ethyl adjacent to an activating group) is 1. The van der Waals surface area contributed by atoms with Crippen LogP contribution < -0.4 is 9.62 Å². The molecule has 0 aliphatic rings. The van der Waals surface area contributed by atoms with Crippen LogP contribution in [0.25, 0.3) is 0 Å². The Morgan fingerprint density at radius 1 is 0.861 bits per heavy atom. The molecule has 7 nitrogen and oxygen atoms in total. The highest BCUT2D eigenvalue weighted by Gasteiger charge is 2.32. The number of amides is 2. The number of carbonyl (C=O) groups is 2. The molecule has 0 aliphatic heterocycles. The van der Waals surface area contributed by atoms with Crippen LogP contribution in [0.15, 0.2) is 77.7 Å². The molecule has 0 unspecified atom stereocenters. The molecule has 0 heterocycles. The molecule has 0 aliphatic carbocycles. The number of aryl methyl sites for hydroxylation is 3. The van der Waals surface area contributed by atoms with E-state index >= 15 is 0 Å². The first-order valence-corrected chi connectivity index (χ1v) is 13.2. The van der Waals surface area contributed by atoms with Crippen molar-refractivity contribution in [1.82, 2.24) is 10.2 Å². The lowest BCUT2D eigenvalue weighted by Gasteiger charge is -2.32. The lowest BCUT2D eigenvalue weighted by molar-refractivity contribution is -0.139. The summed E-state index contributed by atoms with van der Waals surface area (Å²) in [7, 11) is -2.55. The van der Waals surface area contributed by atoms with Gasteiger partial charge in [-0.2, -0.15) is 0 Å². The predicted octanol–water partition coefficient (Wildman–Crippen LogP) is 3.97. The number of hydrogen-bond acceptors (Lipinski definition) is 4. The topological polar surface area (TPSA) is 86.8 Å². The molecule has 0 bridgehead atoms. The Balaban J connectivity index is 2.05. The minimum Gasteiger partial charge on any atom is -0.357 e. The fourth-order valence-corrected chi connectivity index (χ4v) is 5.44. The van der Waals surface area contributed by atoms with Crippen molar-refractivity contribution in [1.29, 1.82) is 0 Å². The van der Waals surface area contributed by atoms with E-state index in [4.69, 9.17) is 0 Å². The Morgan fingerprint density at radius 2 is 1.44 bits per heavy atom. The quantitative estimate of drug-likeness (QED) is 0.475. The minimum atomic E-state index is -4.06. The van der Waals surface area contributed by atoms with Gasteiger partial charge in [-0.3, -0.25) is 13.9 Å². The maximum absolute atomic E-state index is 13.7. The molecule has 2 amide bonds. The molecule has 0 spiro atoms. The van der Waals surface area contributed by atoms with Crippen molar-refractivity contribution in [2.24, 2.45) is 0 Å². The van der Waals surface area contributed by atoms with Gasteiger partial charge in [0.05, 0.1) is 10.6 Å². The van der Waals surface area contributed by atoms with Crippen molar-refractivity contribution in [2.45, 2.75) is 45.2 Å². The second-order valence-electron chi connectivity index (χ2n) is 8.97. The monoisotopic (exact) mass is 507 g/mol. The number of nitrogens with one attached hydrogen (secondary N) is 1. The van der Waals surface area contributed by atoms with Gasteiger partial charge < -0.3 is 10.2 Å². The van der Waals surface area contributed by atoms with Crippen molar-refractivity contribution >= 4 is 27.5 Å². The lowest BCUT2D eigenvalue weighted by atomic mass is 10.1. The third-order valence-electron chi connectivity index (χ3n) is 5.99. The molecule has 0 saturated heterocycles. The zero-order chi connectivity index (χ0) is 26.5. The van der Waals surface area contributed by atoms with E-state index in [9.17, 15) is 18.0 Å². The van der Waals surface area contributed by atoms with Crippen molar-refractivity contribution in [3.63, 3.8) is 0 Å². The normalized spacial score (nSPS) is 12.0. The van der Waals surface area contributed by atoms with E-state index in [1.165, 1.54) is 24.1 Å². The van der Waals surface area contributed by atoms with Crippen LogP contribution in [0, 0.1) is 20.8 Å². The van der Waals surface area contributed by atoms with Gasteiger partial charge in [0.2, 0.25) is 11.8 Å².